The Morgan fingerprint density at radius 3 is 2.72 bits per heavy atom. The molecule has 18 heavy (non-hydrogen) atoms. The highest BCUT2D eigenvalue weighted by molar-refractivity contribution is 7.09. The van der Waals surface area contributed by atoms with Crippen molar-refractivity contribution in [2.45, 2.75) is 6.42 Å². The molecule has 0 amide bonds. The number of aromatic nitrogens is 1. The molecule has 2 nitrogen and oxygen atoms in total. The van der Waals surface area contributed by atoms with Gasteiger partial charge < -0.3 is 5.32 Å². The standard InChI is InChI=1S/C12H12F2N2S.ClH/c1-15-5-4-12-16-11(7-17-12)8-2-3-9(13)10(14)6-8;/h2-3,6-7,15H,4-5H2,1H3;1H. The van der Waals surface area contributed by atoms with Gasteiger partial charge >= 0.3 is 0 Å². The van der Waals surface area contributed by atoms with E-state index in [4.69, 9.17) is 0 Å². The Bertz CT molecular complexity index is 517. The number of likely N-dealkylation sites (N-methyl/N-ethyl adjacent to an activating group) is 1. The van der Waals surface area contributed by atoms with E-state index in [0.29, 0.717) is 11.3 Å². The van der Waals surface area contributed by atoms with Crippen LogP contribution in [0.15, 0.2) is 23.6 Å². The van der Waals surface area contributed by atoms with E-state index < -0.39 is 11.6 Å². The fourth-order valence-electron chi connectivity index (χ4n) is 1.45. The van der Waals surface area contributed by atoms with Crippen LogP contribution in [0.5, 0.6) is 0 Å². The number of hydrogen-bond donors (Lipinski definition) is 1. The molecular formula is C12H13ClF2N2S. The molecule has 98 valence electrons. The van der Waals surface area contributed by atoms with Crippen molar-refractivity contribution in [3.63, 3.8) is 0 Å². The topological polar surface area (TPSA) is 24.9 Å². The summed E-state index contributed by atoms with van der Waals surface area (Å²) in [4.78, 5) is 4.38. The Labute approximate surface area is 114 Å². The molecule has 6 heteroatoms. The van der Waals surface area contributed by atoms with E-state index in [0.717, 1.165) is 24.0 Å². The number of benzene rings is 1. The third-order valence-corrected chi connectivity index (χ3v) is 3.26. The molecule has 1 heterocycles. The Balaban J connectivity index is 0.00000162. The molecule has 0 aliphatic heterocycles. The summed E-state index contributed by atoms with van der Waals surface area (Å²) in [5.74, 6) is -1.67. The van der Waals surface area contributed by atoms with Crippen LogP contribution in [0.1, 0.15) is 5.01 Å². The van der Waals surface area contributed by atoms with Crippen LogP contribution in [0.2, 0.25) is 0 Å². The lowest BCUT2D eigenvalue weighted by molar-refractivity contribution is 0.509. The van der Waals surface area contributed by atoms with Gasteiger partial charge in [-0.05, 0) is 25.2 Å². The molecule has 2 aromatic rings. The molecule has 1 N–H and O–H groups in total. The van der Waals surface area contributed by atoms with Crippen LogP contribution in [0.4, 0.5) is 8.78 Å². The van der Waals surface area contributed by atoms with E-state index in [1.165, 1.54) is 23.5 Å². The second kappa shape index (κ2) is 6.78. The van der Waals surface area contributed by atoms with Gasteiger partial charge in [0.2, 0.25) is 0 Å². The molecule has 0 saturated carbocycles. The van der Waals surface area contributed by atoms with Gasteiger partial charge in [0.05, 0.1) is 10.7 Å². The van der Waals surface area contributed by atoms with E-state index in [-0.39, 0.29) is 12.4 Å². The number of rotatable bonds is 4. The third-order valence-electron chi connectivity index (χ3n) is 2.36. The minimum absolute atomic E-state index is 0. The molecule has 0 aliphatic carbocycles. The average Bonchev–Trinajstić information content (AvgIpc) is 2.79. The van der Waals surface area contributed by atoms with Crippen molar-refractivity contribution >= 4 is 23.7 Å². The highest BCUT2D eigenvalue weighted by Crippen LogP contribution is 2.23. The zero-order valence-corrected chi connectivity index (χ0v) is 11.4. The van der Waals surface area contributed by atoms with Crippen LogP contribution in [0, 0.1) is 11.6 Å². The van der Waals surface area contributed by atoms with Crippen LogP contribution >= 0.6 is 23.7 Å². The fourth-order valence-corrected chi connectivity index (χ4v) is 2.25. The summed E-state index contributed by atoms with van der Waals surface area (Å²) < 4.78 is 25.9. The minimum Gasteiger partial charge on any atom is -0.319 e. The van der Waals surface area contributed by atoms with Crippen molar-refractivity contribution in [2.75, 3.05) is 13.6 Å². The molecule has 1 aromatic heterocycles. The van der Waals surface area contributed by atoms with Gasteiger partial charge in [0.1, 0.15) is 0 Å². The van der Waals surface area contributed by atoms with E-state index in [2.05, 4.69) is 10.3 Å². The van der Waals surface area contributed by atoms with Gasteiger partial charge in [-0.15, -0.1) is 23.7 Å². The number of hydrogen-bond acceptors (Lipinski definition) is 3. The maximum atomic E-state index is 13.1. The molecule has 2 rings (SSSR count). The summed E-state index contributed by atoms with van der Waals surface area (Å²) in [6, 6.07) is 3.83. The molecule has 1 aromatic carbocycles. The predicted octanol–water partition coefficient (Wildman–Crippen LogP) is 3.27. The van der Waals surface area contributed by atoms with Gasteiger partial charge in [0.15, 0.2) is 11.6 Å². The largest absolute Gasteiger partial charge is 0.319 e. The molecule has 0 radical (unpaired) electrons. The molecule has 0 spiro atoms. The van der Waals surface area contributed by atoms with Crippen LogP contribution < -0.4 is 5.32 Å². The van der Waals surface area contributed by atoms with E-state index in [1.54, 1.807) is 0 Å². The van der Waals surface area contributed by atoms with Crippen LogP contribution in [-0.2, 0) is 6.42 Å². The summed E-state index contributed by atoms with van der Waals surface area (Å²) in [6.45, 7) is 0.852. The van der Waals surface area contributed by atoms with Gasteiger partial charge in [-0.25, -0.2) is 13.8 Å². The number of nitrogens with zero attached hydrogens (tertiary/aromatic N) is 1. The normalized spacial score (nSPS) is 10.2. The van der Waals surface area contributed by atoms with Crippen molar-refractivity contribution in [1.82, 2.24) is 10.3 Å². The van der Waals surface area contributed by atoms with Crippen molar-refractivity contribution in [2.24, 2.45) is 0 Å². The number of thiazole rings is 1. The monoisotopic (exact) mass is 290 g/mol. The summed E-state index contributed by atoms with van der Waals surface area (Å²) >= 11 is 1.53. The highest BCUT2D eigenvalue weighted by Gasteiger charge is 2.07. The number of halogens is 3. The summed E-state index contributed by atoms with van der Waals surface area (Å²) in [6.07, 6.45) is 0.838. The van der Waals surface area contributed by atoms with Crippen molar-refractivity contribution < 1.29 is 8.78 Å². The number of nitrogens with one attached hydrogen (secondary N) is 1. The van der Waals surface area contributed by atoms with Crippen molar-refractivity contribution in [1.29, 1.82) is 0 Å². The van der Waals surface area contributed by atoms with E-state index in [1.807, 2.05) is 12.4 Å². The lowest BCUT2D eigenvalue weighted by atomic mass is 10.1. The minimum atomic E-state index is -0.840. The Kier molecular flexibility index (Phi) is 5.65. The van der Waals surface area contributed by atoms with Gasteiger partial charge in [-0.3, -0.25) is 0 Å². The average molecular weight is 291 g/mol. The third kappa shape index (κ3) is 3.48. The Morgan fingerprint density at radius 2 is 2.06 bits per heavy atom. The van der Waals surface area contributed by atoms with Crippen molar-refractivity contribution in [3.8, 4) is 11.3 Å². The first-order valence-corrected chi connectivity index (χ1v) is 6.13. The lowest BCUT2D eigenvalue weighted by Gasteiger charge is -1.98. The van der Waals surface area contributed by atoms with Crippen LogP contribution in [0.3, 0.4) is 0 Å². The lowest BCUT2D eigenvalue weighted by Crippen LogP contribution is -2.09. The zero-order chi connectivity index (χ0) is 12.3. The maximum Gasteiger partial charge on any atom is 0.159 e. The molecule has 0 fully saturated rings. The Morgan fingerprint density at radius 1 is 1.28 bits per heavy atom. The van der Waals surface area contributed by atoms with Crippen molar-refractivity contribution in [3.05, 3.63) is 40.2 Å². The first-order chi connectivity index (χ1) is 8.20. The predicted molar refractivity (Wildman–Crippen MR) is 72.3 cm³/mol. The van der Waals surface area contributed by atoms with E-state index >= 15 is 0 Å². The smallest absolute Gasteiger partial charge is 0.159 e. The van der Waals surface area contributed by atoms with Gasteiger partial charge in [0.25, 0.3) is 0 Å². The highest BCUT2D eigenvalue weighted by atomic mass is 35.5. The van der Waals surface area contributed by atoms with Gasteiger partial charge in [0, 0.05) is 23.9 Å². The summed E-state index contributed by atoms with van der Waals surface area (Å²) in [5.41, 5.74) is 1.30. The maximum absolute atomic E-state index is 13.1. The molecule has 0 unspecified atom stereocenters. The second-order valence-corrected chi connectivity index (χ2v) is 4.55. The molecule has 0 aliphatic rings. The zero-order valence-electron chi connectivity index (χ0n) is 9.74. The summed E-state index contributed by atoms with van der Waals surface area (Å²) in [7, 11) is 1.88. The molecular weight excluding hydrogens is 278 g/mol. The first kappa shape index (κ1) is 15.0. The Hall–Kier alpha value is -1.04. The summed E-state index contributed by atoms with van der Waals surface area (Å²) in [5, 5.41) is 5.88. The van der Waals surface area contributed by atoms with Gasteiger partial charge in [-0.2, -0.15) is 0 Å². The van der Waals surface area contributed by atoms with Crippen LogP contribution in [-0.4, -0.2) is 18.6 Å². The quantitative estimate of drug-likeness (QED) is 0.935. The molecule has 0 saturated heterocycles. The molecule has 0 bridgehead atoms. The first-order valence-electron chi connectivity index (χ1n) is 5.25. The molecule has 0 atom stereocenters. The second-order valence-electron chi connectivity index (χ2n) is 3.61. The SMILES string of the molecule is CNCCc1nc(-c2ccc(F)c(F)c2)cs1.Cl. The van der Waals surface area contributed by atoms with Crippen LogP contribution in [0.25, 0.3) is 11.3 Å². The van der Waals surface area contributed by atoms with E-state index in [9.17, 15) is 8.78 Å². The fraction of sp³-hybridized carbons (Fsp3) is 0.250. The van der Waals surface area contributed by atoms with Gasteiger partial charge in [-0.1, -0.05) is 0 Å².